The average molecular weight is 438 g/mol. The van der Waals surface area contributed by atoms with Crippen LogP contribution in [-0.2, 0) is 16.0 Å². The van der Waals surface area contributed by atoms with Gasteiger partial charge in [-0.15, -0.1) is 11.8 Å². The number of nitrogens with zero attached hydrogens (tertiary/aromatic N) is 3. The van der Waals surface area contributed by atoms with E-state index >= 15 is 0 Å². The number of carbonyl (C=O) groups excluding carboxylic acids is 2. The minimum atomic E-state index is 0.154. The molecule has 0 radical (unpaired) electrons. The lowest BCUT2D eigenvalue weighted by molar-refractivity contribution is -0.132. The second-order valence-corrected chi connectivity index (χ2v) is 10.0. The average Bonchev–Trinajstić information content (AvgIpc) is 2.94. The van der Waals surface area contributed by atoms with Gasteiger partial charge in [-0.05, 0) is 31.0 Å². The van der Waals surface area contributed by atoms with Gasteiger partial charge in [-0.2, -0.15) is 0 Å². The molecular formula is C25H31N3O2S. The maximum absolute atomic E-state index is 13.2. The lowest BCUT2D eigenvalue weighted by Crippen LogP contribution is -2.52. The first-order valence-corrected chi connectivity index (χ1v) is 12.0. The number of benzene rings is 2. The molecule has 0 aromatic heterocycles. The molecule has 0 spiro atoms. The molecule has 2 aromatic rings. The molecule has 1 fully saturated rings. The monoisotopic (exact) mass is 437 g/mol. The van der Waals surface area contributed by atoms with E-state index in [0.29, 0.717) is 31.3 Å². The first-order chi connectivity index (χ1) is 15.0. The van der Waals surface area contributed by atoms with Crippen LogP contribution >= 0.6 is 11.8 Å². The van der Waals surface area contributed by atoms with Gasteiger partial charge in [0.25, 0.3) is 0 Å². The van der Waals surface area contributed by atoms with E-state index in [1.165, 1.54) is 10.5 Å². The quantitative estimate of drug-likeness (QED) is 0.733. The Hall–Kier alpha value is -2.31. The highest BCUT2D eigenvalue weighted by molar-refractivity contribution is 8.00. The second kappa shape index (κ2) is 9.88. The summed E-state index contributed by atoms with van der Waals surface area (Å²) >= 11 is 1.85. The molecule has 6 heteroatoms. The second-order valence-electron chi connectivity index (χ2n) is 8.55. The first kappa shape index (κ1) is 21.9. The van der Waals surface area contributed by atoms with E-state index in [0.717, 1.165) is 37.3 Å². The number of fused-ring (bicyclic) bond motifs is 1. The third-order valence-electron chi connectivity index (χ3n) is 6.10. The van der Waals surface area contributed by atoms with Crippen LogP contribution in [-0.4, -0.2) is 66.1 Å². The van der Waals surface area contributed by atoms with Crippen LogP contribution in [0, 0.1) is 6.92 Å². The summed E-state index contributed by atoms with van der Waals surface area (Å²) in [4.78, 5) is 33.1. The van der Waals surface area contributed by atoms with Crippen LogP contribution in [0.4, 0.5) is 5.69 Å². The van der Waals surface area contributed by atoms with Crippen molar-refractivity contribution in [2.24, 2.45) is 0 Å². The van der Waals surface area contributed by atoms with Gasteiger partial charge in [0.05, 0.1) is 18.7 Å². The van der Waals surface area contributed by atoms with E-state index in [4.69, 9.17) is 0 Å². The molecule has 1 unspecified atom stereocenters. The lowest BCUT2D eigenvalue weighted by Gasteiger charge is -2.35. The molecule has 2 aliphatic rings. The number of thioether (sulfide) groups is 1. The highest BCUT2D eigenvalue weighted by atomic mass is 32.2. The molecule has 2 amide bonds. The van der Waals surface area contributed by atoms with E-state index in [2.05, 4.69) is 30.9 Å². The zero-order chi connectivity index (χ0) is 21.8. The van der Waals surface area contributed by atoms with Gasteiger partial charge < -0.3 is 9.80 Å². The van der Waals surface area contributed by atoms with E-state index in [-0.39, 0.29) is 11.8 Å². The summed E-state index contributed by atoms with van der Waals surface area (Å²) in [6, 6.07) is 16.4. The van der Waals surface area contributed by atoms with Crippen molar-refractivity contribution in [3.63, 3.8) is 0 Å². The highest BCUT2D eigenvalue weighted by Crippen LogP contribution is 2.37. The number of amides is 2. The lowest BCUT2D eigenvalue weighted by atomic mass is 10.1. The van der Waals surface area contributed by atoms with Crippen LogP contribution < -0.4 is 4.90 Å². The van der Waals surface area contributed by atoms with Crippen molar-refractivity contribution in [1.82, 2.24) is 9.80 Å². The van der Waals surface area contributed by atoms with Gasteiger partial charge in [-0.3, -0.25) is 14.5 Å². The van der Waals surface area contributed by atoms with E-state index in [9.17, 15) is 9.59 Å². The van der Waals surface area contributed by atoms with Gasteiger partial charge in [0, 0.05) is 42.9 Å². The number of hydrogen-bond donors (Lipinski definition) is 0. The van der Waals surface area contributed by atoms with Crippen molar-refractivity contribution < 1.29 is 9.59 Å². The Morgan fingerprint density at radius 2 is 1.65 bits per heavy atom. The molecule has 2 aliphatic heterocycles. The number of para-hydroxylation sites is 1. The number of aryl methyl sites for hydroxylation is 1. The van der Waals surface area contributed by atoms with E-state index in [1.807, 2.05) is 58.0 Å². The normalized spacial score (nSPS) is 19.6. The summed E-state index contributed by atoms with van der Waals surface area (Å²) < 4.78 is 0. The summed E-state index contributed by atoms with van der Waals surface area (Å²) in [6.07, 6.45) is 1.44. The molecule has 4 rings (SSSR count). The van der Waals surface area contributed by atoms with Gasteiger partial charge in [0.2, 0.25) is 11.8 Å². The van der Waals surface area contributed by atoms with Crippen LogP contribution in [0.25, 0.3) is 0 Å². The Balaban J connectivity index is 1.31. The molecule has 1 atom stereocenters. The van der Waals surface area contributed by atoms with E-state index < -0.39 is 0 Å². The minimum absolute atomic E-state index is 0.154. The fourth-order valence-corrected chi connectivity index (χ4v) is 5.28. The van der Waals surface area contributed by atoms with Crippen molar-refractivity contribution in [3.05, 3.63) is 59.7 Å². The number of hydrogen-bond acceptors (Lipinski definition) is 4. The van der Waals surface area contributed by atoms with Crippen LogP contribution in [0.15, 0.2) is 53.4 Å². The topological polar surface area (TPSA) is 43.9 Å². The van der Waals surface area contributed by atoms with Crippen molar-refractivity contribution in [3.8, 4) is 0 Å². The summed E-state index contributed by atoms with van der Waals surface area (Å²) in [7, 11) is 0. The first-order valence-electron chi connectivity index (χ1n) is 11.1. The van der Waals surface area contributed by atoms with Crippen LogP contribution in [0.1, 0.15) is 24.5 Å². The molecule has 1 saturated heterocycles. The fourth-order valence-electron chi connectivity index (χ4n) is 4.17. The number of carbonyl (C=O) groups is 2. The zero-order valence-electron chi connectivity index (χ0n) is 18.4. The van der Waals surface area contributed by atoms with Gasteiger partial charge >= 0.3 is 0 Å². The molecule has 31 heavy (non-hydrogen) atoms. The Labute approximate surface area is 189 Å². The Bertz CT molecular complexity index is 923. The summed E-state index contributed by atoms with van der Waals surface area (Å²) in [5.74, 6) is 0.323. The van der Waals surface area contributed by atoms with Crippen molar-refractivity contribution >= 4 is 29.3 Å². The maximum atomic E-state index is 13.2. The zero-order valence-corrected chi connectivity index (χ0v) is 19.2. The maximum Gasteiger partial charge on any atom is 0.241 e. The number of rotatable bonds is 4. The fraction of sp³-hybridized carbons (Fsp3) is 0.440. The molecule has 164 valence electrons. The summed E-state index contributed by atoms with van der Waals surface area (Å²) in [6.45, 7) is 8.30. The van der Waals surface area contributed by atoms with Crippen molar-refractivity contribution in [2.45, 2.75) is 36.8 Å². The van der Waals surface area contributed by atoms with E-state index in [1.54, 1.807) is 0 Å². The predicted molar refractivity (Wildman–Crippen MR) is 127 cm³/mol. The summed E-state index contributed by atoms with van der Waals surface area (Å²) in [5, 5.41) is 0.502. The largest absolute Gasteiger partial charge is 0.340 e. The SMILES string of the molecule is Cc1ccc(CC(=O)N2CCN(CC(=O)N3CCC(C)Sc4ccccc43)CC2)cc1. The molecule has 5 nitrogen and oxygen atoms in total. The van der Waals surface area contributed by atoms with Gasteiger partial charge in [-0.1, -0.05) is 48.9 Å². The number of anilines is 1. The Kier molecular flexibility index (Phi) is 6.98. The molecule has 2 heterocycles. The Morgan fingerprint density at radius 1 is 0.935 bits per heavy atom. The molecule has 2 aromatic carbocycles. The van der Waals surface area contributed by atoms with Gasteiger partial charge in [-0.25, -0.2) is 0 Å². The van der Waals surface area contributed by atoms with Crippen LogP contribution in [0.5, 0.6) is 0 Å². The standard InChI is InChI=1S/C25H31N3O2S/c1-19-7-9-21(10-8-19)17-24(29)27-15-13-26(14-16-27)18-25(30)28-12-11-20(2)31-23-6-4-3-5-22(23)28/h3-10,20H,11-18H2,1-2H3. The molecule has 0 aliphatic carbocycles. The molecule has 0 N–H and O–H groups in total. The molecular weight excluding hydrogens is 406 g/mol. The smallest absolute Gasteiger partial charge is 0.241 e. The molecule has 0 bridgehead atoms. The van der Waals surface area contributed by atoms with Crippen LogP contribution in [0.2, 0.25) is 0 Å². The summed E-state index contributed by atoms with van der Waals surface area (Å²) in [5.41, 5.74) is 3.29. The Morgan fingerprint density at radius 3 is 2.39 bits per heavy atom. The van der Waals surface area contributed by atoms with Crippen molar-refractivity contribution in [2.75, 3.05) is 44.2 Å². The van der Waals surface area contributed by atoms with Crippen LogP contribution in [0.3, 0.4) is 0 Å². The molecule has 0 saturated carbocycles. The third-order valence-corrected chi connectivity index (χ3v) is 7.34. The van der Waals surface area contributed by atoms with Gasteiger partial charge in [0.15, 0.2) is 0 Å². The minimum Gasteiger partial charge on any atom is -0.340 e. The number of piperazine rings is 1. The predicted octanol–water partition coefficient (Wildman–Crippen LogP) is 3.60. The van der Waals surface area contributed by atoms with Gasteiger partial charge in [0.1, 0.15) is 0 Å². The third kappa shape index (κ3) is 5.49. The highest BCUT2D eigenvalue weighted by Gasteiger charge is 2.27. The van der Waals surface area contributed by atoms with Crippen molar-refractivity contribution in [1.29, 1.82) is 0 Å².